The fourth-order valence-corrected chi connectivity index (χ4v) is 1.19. The van der Waals surface area contributed by atoms with E-state index in [1.165, 1.54) is 0 Å². The smallest absolute Gasteiger partial charge is 0.343 e. The second kappa shape index (κ2) is 5.51. The van der Waals surface area contributed by atoms with Crippen molar-refractivity contribution in [2.75, 3.05) is 13.7 Å². The molecule has 1 aromatic rings. The quantitative estimate of drug-likeness (QED) is 0.768. The molecule has 0 aliphatic rings. The van der Waals surface area contributed by atoms with Crippen molar-refractivity contribution >= 4 is 5.97 Å². The van der Waals surface area contributed by atoms with Crippen molar-refractivity contribution in [2.24, 2.45) is 0 Å². The van der Waals surface area contributed by atoms with E-state index in [9.17, 15) is 18.0 Å². The average molecular weight is 249 g/mol. The zero-order chi connectivity index (χ0) is 13.0. The Morgan fingerprint density at radius 2 is 2.18 bits per heavy atom. The van der Waals surface area contributed by atoms with E-state index < -0.39 is 29.7 Å². The topological polar surface area (TPSA) is 48.4 Å². The van der Waals surface area contributed by atoms with Gasteiger partial charge in [0.2, 0.25) is 0 Å². The molecule has 0 saturated heterocycles. The molecular weight excluding hydrogens is 239 g/mol. The van der Waals surface area contributed by atoms with Gasteiger partial charge in [-0.2, -0.15) is 0 Å². The SMILES string of the molecule is CCOC(=O)c1cnc(C(F)F)c(F)c1OC. The Kier molecular flexibility index (Phi) is 4.30. The third-order valence-corrected chi connectivity index (χ3v) is 1.91. The van der Waals surface area contributed by atoms with Crippen LogP contribution in [-0.4, -0.2) is 24.7 Å². The molecule has 94 valence electrons. The fraction of sp³-hybridized carbons (Fsp3) is 0.400. The summed E-state index contributed by atoms with van der Waals surface area (Å²) in [5.41, 5.74) is -1.38. The van der Waals surface area contributed by atoms with Crippen LogP contribution in [0.2, 0.25) is 0 Å². The number of hydrogen-bond donors (Lipinski definition) is 0. The number of ether oxygens (including phenoxy) is 2. The van der Waals surface area contributed by atoms with Gasteiger partial charge in [0.1, 0.15) is 11.3 Å². The van der Waals surface area contributed by atoms with Gasteiger partial charge < -0.3 is 9.47 Å². The molecule has 0 radical (unpaired) electrons. The number of rotatable bonds is 4. The second-order valence-corrected chi connectivity index (χ2v) is 2.93. The van der Waals surface area contributed by atoms with Crippen LogP contribution in [0.3, 0.4) is 0 Å². The Labute approximate surface area is 95.4 Å². The first kappa shape index (κ1) is 13.3. The van der Waals surface area contributed by atoms with Crippen molar-refractivity contribution < 1.29 is 27.4 Å². The summed E-state index contributed by atoms with van der Waals surface area (Å²) in [6.07, 6.45) is -2.28. The Hall–Kier alpha value is -1.79. The summed E-state index contributed by atoms with van der Waals surface area (Å²) in [5, 5.41) is 0. The Morgan fingerprint density at radius 1 is 1.53 bits per heavy atom. The summed E-state index contributed by atoms with van der Waals surface area (Å²) in [5.74, 6) is -2.82. The van der Waals surface area contributed by atoms with Crippen LogP contribution in [-0.2, 0) is 4.74 Å². The summed E-state index contributed by atoms with van der Waals surface area (Å²) in [6.45, 7) is 1.63. The molecule has 0 atom stereocenters. The van der Waals surface area contributed by atoms with Crippen LogP contribution in [0.5, 0.6) is 5.75 Å². The highest BCUT2D eigenvalue weighted by Crippen LogP contribution is 2.29. The monoisotopic (exact) mass is 249 g/mol. The van der Waals surface area contributed by atoms with E-state index in [0.29, 0.717) is 0 Å². The van der Waals surface area contributed by atoms with Gasteiger partial charge in [0, 0.05) is 6.20 Å². The van der Waals surface area contributed by atoms with Crippen LogP contribution < -0.4 is 4.74 Å². The predicted molar refractivity (Wildman–Crippen MR) is 51.7 cm³/mol. The zero-order valence-corrected chi connectivity index (χ0v) is 9.17. The number of carbonyl (C=O) groups excluding carboxylic acids is 1. The lowest BCUT2D eigenvalue weighted by Gasteiger charge is -2.10. The van der Waals surface area contributed by atoms with Crippen LogP contribution in [0, 0.1) is 5.82 Å². The van der Waals surface area contributed by atoms with Crippen LogP contribution in [0.15, 0.2) is 6.20 Å². The number of pyridine rings is 1. The normalized spacial score (nSPS) is 10.5. The molecule has 0 fully saturated rings. The summed E-state index contributed by atoms with van der Waals surface area (Å²) < 4.78 is 47.4. The molecule has 0 saturated carbocycles. The molecule has 1 aromatic heterocycles. The van der Waals surface area contributed by atoms with Crippen molar-refractivity contribution in [1.29, 1.82) is 0 Å². The van der Waals surface area contributed by atoms with Gasteiger partial charge in [-0.05, 0) is 6.92 Å². The molecule has 7 heteroatoms. The molecule has 0 aliphatic carbocycles. The van der Waals surface area contributed by atoms with Crippen LogP contribution in [0.4, 0.5) is 13.2 Å². The van der Waals surface area contributed by atoms with Gasteiger partial charge in [-0.15, -0.1) is 0 Å². The van der Waals surface area contributed by atoms with E-state index in [-0.39, 0.29) is 12.2 Å². The number of methoxy groups -OCH3 is 1. The van der Waals surface area contributed by atoms with E-state index in [1.54, 1.807) is 6.92 Å². The highest BCUT2D eigenvalue weighted by atomic mass is 19.3. The molecule has 0 spiro atoms. The molecule has 0 aromatic carbocycles. The van der Waals surface area contributed by atoms with Gasteiger partial charge in [0.25, 0.3) is 6.43 Å². The van der Waals surface area contributed by atoms with Crippen LogP contribution >= 0.6 is 0 Å². The molecule has 0 aliphatic heterocycles. The molecule has 1 heterocycles. The second-order valence-electron chi connectivity index (χ2n) is 2.93. The summed E-state index contributed by atoms with van der Waals surface area (Å²) in [4.78, 5) is 14.5. The minimum Gasteiger partial charge on any atom is -0.493 e. The van der Waals surface area contributed by atoms with E-state index >= 15 is 0 Å². The largest absolute Gasteiger partial charge is 0.493 e. The number of esters is 1. The predicted octanol–water partition coefficient (Wildman–Crippen LogP) is 2.34. The average Bonchev–Trinajstić information content (AvgIpc) is 2.28. The Morgan fingerprint density at radius 3 is 2.65 bits per heavy atom. The maximum absolute atomic E-state index is 13.5. The molecule has 0 bridgehead atoms. The lowest BCUT2D eigenvalue weighted by Crippen LogP contribution is -2.10. The first-order valence-electron chi connectivity index (χ1n) is 4.70. The molecular formula is C10H10F3NO3. The summed E-state index contributed by atoms with van der Waals surface area (Å²) in [7, 11) is 1.07. The van der Waals surface area contributed by atoms with Gasteiger partial charge in [-0.1, -0.05) is 0 Å². The number of alkyl halides is 2. The van der Waals surface area contributed by atoms with Crippen molar-refractivity contribution in [3.63, 3.8) is 0 Å². The lowest BCUT2D eigenvalue weighted by molar-refractivity contribution is 0.0519. The third-order valence-electron chi connectivity index (χ3n) is 1.91. The highest BCUT2D eigenvalue weighted by Gasteiger charge is 2.25. The van der Waals surface area contributed by atoms with Crippen molar-refractivity contribution in [1.82, 2.24) is 4.98 Å². The van der Waals surface area contributed by atoms with E-state index in [0.717, 1.165) is 13.3 Å². The van der Waals surface area contributed by atoms with Gasteiger partial charge in [0.05, 0.1) is 13.7 Å². The fourth-order valence-electron chi connectivity index (χ4n) is 1.19. The minimum absolute atomic E-state index is 0.0696. The van der Waals surface area contributed by atoms with Crippen molar-refractivity contribution in [3.05, 3.63) is 23.3 Å². The third kappa shape index (κ3) is 2.66. The molecule has 4 nitrogen and oxygen atoms in total. The van der Waals surface area contributed by atoms with Crippen molar-refractivity contribution in [2.45, 2.75) is 13.3 Å². The molecule has 0 N–H and O–H groups in total. The molecule has 1 rings (SSSR count). The van der Waals surface area contributed by atoms with Gasteiger partial charge >= 0.3 is 5.97 Å². The zero-order valence-electron chi connectivity index (χ0n) is 9.17. The maximum Gasteiger partial charge on any atom is 0.343 e. The summed E-state index contributed by atoms with van der Waals surface area (Å²) in [6, 6.07) is 0. The Bertz CT molecular complexity index is 424. The van der Waals surface area contributed by atoms with Gasteiger partial charge in [0.15, 0.2) is 11.6 Å². The van der Waals surface area contributed by atoms with E-state index in [4.69, 9.17) is 0 Å². The first-order chi connectivity index (χ1) is 8.02. The first-order valence-corrected chi connectivity index (χ1v) is 4.70. The van der Waals surface area contributed by atoms with Gasteiger partial charge in [-0.25, -0.2) is 18.0 Å². The number of nitrogens with zero attached hydrogens (tertiary/aromatic N) is 1. The number of halogens is 3. The summed E-state index contributed by atoms with van der Waals surface area (Å²) >= 11 is 0. The standard InChI is InChI=1S/C10H10F3NO3/c1-3-17-10(15)5-4-14-7(9(12)13)6(11)8(5)16-2/h4,9H,3H2,1-2H3. The van der Waals surface area contributed by atoms with Crippen LogP contribution in [0.1, 0.15) is 29.4 Å². The maximum atomic E-state index is 13.5. The molecule has 0 amide bonds. The Balaban J connectivity index is 3.25. The number of carbonyl (C=O) groups is 1. The van der Waals surface area contributed by atoms with E-state index in [2.05, 4.69) is 14.5 Å². The number of aromatic nitrogens is 1. The molecule has 17 heavy (non-hydrogen) atoms. The number of hydrogen-bond acceptors (Lipinski definition) is 4. The highest BCUT2D eigenvalue weighted by molar-refractivity contribution is 5.92. The van der Waals surface area contributed by atoms with Gasteiger partial charge in [-0.3, -0.25) is 4.98 Å². The van der Waals surface area contributed by atoms with Crippen LogP contribution in [0.25, 0.3) is 0 Å². The van der Waals surface area contributed by atoms with E-state index in [1.807, 2.05) is 0 Å². The lowest BCUT2D eigenvalue weighted by atomic mass is 10.2. The van der Waals surface area contributed by atoms with Crippen molar-refractivity contribution in [3.8, 4) is 5.75 Å². The minimum atomic E-state index is -3.08. The molecule has 0 unspecified atom stereocenters.